The lowest BCUT2D eigenvalue weighted by molar-refractivity contribution is -0.140. The number of anilines is 1. The number of para-hydroxylation sites is 1. The number of rotatable bonds is 5. The predicted octanol–water partition coefficient (Wildman–Crippen LogP) is 1.67. The van der Waals surface area contributed by atoms with Gasteiger partial charge in [0.2, 0.25) is 0 Å². The average Bonchev–Trinajstić information content (AvgIpc) is 2.31. The number of carbonyl (C=O) groups excluding carboxylic acids is 1. The molecule has 1 unspecified atom stereocenters. The Bertz CT molecular complexity index is 439. The number of carboxylic acid groups (broad SMARTS) is 1. The monoisotopic (exact) mass is 316 g/mol. The van der Waals surface area contributed by atoms with Crippen LogP contribution in [0.1, 0.15) is 0 Å². The van der Waals surface area contributed by atoms with Gasteiger partial charge in [-0.2, -0.15) is 0 Å². The molecule has 1 atom stereocenters. The first-order chi connectivity index (χ1) is 8.54. The first-order valence-corrected chi connectivity index (χ1v) is 5.87. The van der Waals surface area contributed by atoms with Gasteiger partial charge in [0.1, 0.15) is 0 Å². The Balaban J connectivity index is 2.61. The first kappa shape index (κ1) is 14.5. The van der Waals surface area contributed by atoms with E-state index in [1.54, 1.807) is 24.3 Å². The number of carbonyl (C=O) groups is 2. The predicted molar refractivity (Wildman–Crippen MR) is 69.6 cm³/mol. The molecule has 7 heteroatoms. The van der Waals surface area contributed by atoms with Crippen molar-refractivity contribution in [2.75, 3.05) is 19.0 Å². The van der Waals surface area contributed by atoms with E-state index in [0.717, 1.165) is 0 Å². The Morgan fingerprint density at radius 3 is 2.67 bits per heavy atom. The molecule has 0 aliphatic carbocycles. The molecule has 1 rings (SSSR count). The van der Waals surface area contributed by atoms with Gasteiger partial charge in [-0.15, -0.1) is 0 Å². The molecular weight excluding hydrogens is 304 g/mol. The van der Waals surface area contributed by atoms with E-state index in [1.165, 1.54) is 7.11 Å². The zero-order chi connectivity index (χ0) is 13.5. The van der Waals surface area contributed by atoms with Gasteiger partial charge in [0.15, 0.2) is 6.04 Å². The van der Waals surface area contributed by atoms with Crippen LogP contribution in [0.25, 0.3) is 0 Å². The topological polar surface area (TPSA) is 87.7 Å². The zero-order valence-corrected chi connectivity index (χ0v) is 11.2. The summed E-state index contributed by atoms with van der Waals surface area (Å²) in [5, 5.41) is 13.7. The molecule has 0 aliphatic rings. The molecule has 3 N–H and O–H groups in total. The fraction of sp³-hybridized carbons (Fsp3) is 0.273. The molecule has 0 bridgehead atoms. The minimum absolute atomic E-state index is 0.0985. The molecule has 2 amide bonds. The SMILES string of the molecule is COCC(NC(=O)Nc1ccccc1Br)C(=O)O. The van der Waals surface area contributed by atoms with Crippen molar-refractivity contribution in [3.8, 4) is 0 Å². The van der Waals surface area contributed by atoms with E-state index >= 15 is 0 Å². The molecule has 0 aliphatic heterocycles. The van der Waals surface area contributed by atoms with Crippen LogP contribution in [-0.2, 0) is 9.53 Å². The number of benzene rings is 1. The first-order valence-electron chi connectivity index (χ1n) is 5.08. The quantitative estimate of drug-likeness (QED) is 0.771. The van der Waals surface area contributed by atoms with Crippen LogP contribution in [0.15, 0.2) is 28.7 Å². The maximum Gasteiger partial charge on any atom is 0.328 e. The van der Waals surface area contributed by atoms with Crippen molar-refractivity contribution in [1.82, 2.24) is 5.32 Å². The summed E-state index contributed by atoms with van der Waals surface area (Å²) in [5.74, 6) is -1.15. The number of ether oxygens (including phenoxy) is 1. The van der Waals surface area contributed by atoms with Crippen LogP contribution < -0.4 is 10.6 Å². The van der Waals surface area contributed by atoms with E-state index in [9.17, 15) is 9.59 Å². The minimum atomic E-state index is -1.15. The van der Waals surface area contributed by atoms with Crippen LogP contribution in [0, 0.1) is 0 Å². The van der Waals surface area contributed by atoms with Gasteiger partial charge in [-0.1, -0.05) is 12.1 Å². The Morgan fingerprint density at radius 2 is 2.11 bits per heavy atom. The van der Waals surface area contributed by atoms with Crippen molar-refractivity contribution in [2.24, 2.45) is 0 Å². The Labute approximate surface area is 112 Å². The number of carboxylic acids is 1. The third-order valence-corrected chi connectivity index (χ3v) is 2.75. The number of halogens is 1. The molecule has 6 nitrogen and oxygen atoms in total. The van der Waals surface area contributed by atoms with Gasteiger partial charge in [0.25, 0.3) is 0 Å². The van der Waals surface area contributed by atoms with Crippen molar-refractivity contribution < 1.29 is 19.4 Å². The van der Waals surface area contributed by atoms with Crippen LogP contribution in [0.5, 0.6) is 0 Å². The second kappa shape index (κ2) is 6.97. The third-order valence-electron chi connectivity index (χ3n) is 2.06. The van der Waals surface area contributed by atoms with Gasteiger partial charge in [0, 0.05) is 11.6 Å². The van der Waals surface area contributed by atoms with E-state index in [4.69, 9.17) is 9.84 Å². The lowest BCUT2D eigenvalue weighted by Gasteiger charge is -2.14. The number of amides is 2. The minimum Gasteiger partial charge on any atom is -0.480 e. The van der Waals surface area contributed by atoms with Crippen LogP contribution in [0.3, 0.4) is 0 Å². The molecule has 18 heavy (non-hydrogen) atoms. The molecule has 0 fully saturated rings. The van der Waals surface area contributed by atoms with Crippen LogP contribution in [-0.4, -0.2) is 36.9 Å². The fourth-order valence-corrected chi connectivity index (χ4v) is 1.60. The summed E-state index contributed by atoms with van der Waals surface area (Å²) in [6, 6.07) is 5.32. The largest absolute Gasteiger partial charge is 0.480 e. The highest BCUT2D eigenvalue weighted by Gasteiger charge is 2.19. The second-order valence-corrected chi connectivity index (χ2v) is 4.28. The second-order valence-electron chi connectivity index (χ2n) is 3.42. The molecule has 0 heterocycles. The van der Waals surface area contributed by atoms with E-state index in [2.05, 4.69) is 26.6 Å². The lowest BCUT2D eigenvalue weighted by atomic mass is 10.3. The van der Waals surface area contributed by atoms with Gasteiger partial charge < -0.3 is 20.5 Å². The van der Waals surface area contributed by atoms with Gasteiger partial charge in [-0.25, -0.2) is 9.59 Å². The highest BCUT2D eigenvalue weighted by Crippen LogP contribution is 2.20. The molecule has 1 aromatic rings. The van der Waals surface area contributed by atoms with Crippen molar-refractivity contribution in [3.05, 3.63) is 28.7 Å². The zero-order valence-electron chi connectivity index (χ0n) is 9.64. The van der Waals surface area contributed by atoms with Crippen molar-refractivity contribution in [1.29, 1.82) is 0 Å². The number of aliphatic carboxylic acids is 1. The van der Waals surface area contributed by atoms with E-state index < -0.39 is 18.0 Å². The summed E-state index contributed by atoms with van der Waals surface area (Å²) in [5.41, 5.74) is 0.552. The Morgan fingerprint density at radius 1 is 1.44 bits per heavy atom. The van der Waals surface area contributed by atoms with Gasteiger partial charge in [0.05, 0.1) is 12.3 Å². The van der Waals surface area contributed by atoms with Gasteiger partial charge in [-0.05, 0) is 28.1 Å². The molecule has 0 saturated heterocycles. The Kier molecular flexibility index (Phi) is 5.60. The van der Waals surface area contributed by atoms with Crippen molar-refractivity contribution in [3.63, 3.8) is 0 Å². The fourth-order valence-electron chi connectivity index (χ4n) is 1.22. The molecular formula is C11H13BrN2O4. The summed E-state index contributed by atoms with van der Waals surface area (Å²) in [7, 11) is 1.36. The maximum absolute atomic E-state index is 11.6. The number of hydrogen-bond donors (Lipinski definition) is 3. The van der Waals surface area contributed by atoms with Crippen LogP contribution in [0.2, 0.25) is 0 Å². The third kappa shape index (κ3) is 4.34. The van der Waals surface area contributed by atoms with Crippen LogP contribution >= 0.6 is 15.9 Å². The van der Waals surface area contributed by atoms with E-state index in [-0.39, 0.29) is 6.61 Å². The summed E-state index contributed by atoms with van der Waals surface area (Å²) in [6.07, 6.45) is 0. The Hall–Kier alpha value is -1.60. The van der Waals surface area contributed by atoms with E-state index in [1.807, 2.05) is 0 Å². The molecule has 98 valence electrons. The highest BCUT2D eigenvalue weighted by molar-refractivity contribution is 9.10. The normalized spacial score (nSPS) is 11.7. The number of nitrogens with one attached hydrogen (secondary N) is 2. The summed E-state index contributed by atoms with van der Waals surface area (Å²) < 4.78 is 5.41. The lowest BCUT2D eigenvalue weighted by Crippen LogP contribution is -2.45. The van der Waals surface area contributed by atoms with E-state index in [0.29, 0.717) is 10.2 Å². The number of hydrogen-bond acceptors (Lipinski definition) is 3. The van der Waals surface area contributed by atoms with Crippen LogP contribution in [0.4, 0.5) is 10.5 Å². The molecule has 0 aromatic heterocycles. The van der Waals surface area contributed by atoms with Gasteiger partial charge in [-0.3, -0.25) is 0 Å². The van der Waals surface area contributed by atoms with Crippen molar-refractivity contribution >= 4 is 33.6 Å². The molecule has 1 aromatic carbocycles. The van der Waals surface area contributed by atoms with Gasteiger partial charge >= 0.3 is 12.0 Å². The highest BCUT2D eigenvalue weighted by atomic mass is 79.9. The smallest absolute Gasteiger partial charge is 0.328 e. The maximum atomic E-state index is 11.6. The number of urea groups is 1. The summed E-state index contributed by atoms with van der Waals surface area (Å²) >= 11 is 3.27. The molecule has 0 spiro atoms. The summed E-state index contributed by atoms with van der Waals surface area (Å²) in [6.45, 7) is -0.0985. The standard InChI is InChI=1S/C11H13BrN2O4/c1-18-6-9(10(15)16)14-11(17)13-8-5-3-2-4-7(8)12/h2-5,9H,6H2,1H3,(H,15,16)(H2,13,14,17). The molecule has 0 saturated carbocycles. The average molecular weight is 317 g/mol. The number of methoxy groups -OCH3 is 1. The summed E-state index contributed by atoms with van der Waals surface area (Å²) in [4.78, 5) is 22.4. The van der Waals surface area contributed by atoms with Crippen molar-refractivity contribution in [2.45, 2.75) is 6.04 Å². The molecule has 0 radical (unpaired) electrons.